The highest BCUT2D eigenvalue weighted by molar-refractivity contribution is 7.21. The molecule has 0 aliphatic carbocycles. The predicted molar refractivity (Wildman–Crippen MR) is 562 cm³/mol. The van der Waals surface area contributed by atoms with Crippen LogP contribution in [0.2, 0.25) is 10.0 Å². The van der Waals surface area contributed by atoms with Crippen LogP contribution in [-0.4, -0.2) is 307 Å². The summed E-state index contributed by atoms with van der Waals surface area (Å²) in [7, 11) is 14.2. The molecule has 5 aliphatic rings. The van der Waals surface area contributed by atoms with Crippen LogP contribution < -0.4 is 24.9 Å². The van der Waals surface area contributed by atoms with Gasteiger partial charge in [-0.1, -0.05) is 189 Å². The summed E-state index contributed by atoms with van der Waals surface area (Å²) in [5.41, 5.74) is 11.5. The zero-order chi connectivity index (χ0) is 97.4. The molecule has 9 aromatic heterocycles. The zero-order valence-corrected chi connectivity index (χ0v) is 87.4. The first-order chi connectivity index (χ1) is 66.6. The fourth-order valence-corrected chi connectivity index (χ4v) is 22.4. The van der Waals surface area contributed by atoms with Gasteiger partial charge in [-0.2, -0.15) is 0 Å². The quantitative estimate of drug-likeness (QED) is 0.0411. The smallest absolute Gasteiger partial charge is 0.226 e. The van der Waals surface area contributed by atoms with Crippen molar-refractivity contribution < 1.29 is 23.6 Å². The van der Waals surface area contributed by atoms with Crippen LogP contribution in [0.4, 0.5) is 20.5 Å². The van der Waals surface area contributed by atoms with Crippen molar-refractivity contribution in [2.45, 2.75) is 137 Å². The summed E-state index contributed by atoms with van der Waals surface area (Å²) in [6, 6.07) is 36.8. The molecular weight excluding hydrogens is 1850 g/mol. The van der Waals surface area contributed by atoms with Crippen molar-refractivity contribution in [3.63, 3.8) is 0 Å². The third kappa shape index (κ3) is 26.2. The van der Waals surface area contributed by atoms with E-state index in [1.54, 1.807) is 56.5 Å². The molecule has 138 heavy (non-hydrogen) atoms. The number of furan rings is 1. The number of likely N-dealkylation sites (tertiary alicyclic amines) is 1. The Morgan fingerprint density at radius 3 is 1.12 bits per heavy atom. The number of likely N-dealkylation sites (N-methyl/N-ethyl adjacent to an activating group) is 5. The van der Waals surface area contributed by atoms with Crippen LogP contribution in [0.25, 0.3) is 64.9 Å². The Morgan fingerprint density at radius 2 is 0.783 bits per heavy atom. The van der Waals surface area contributed by atoms with Gasteiger partial charge >= 0.3 is 0 Å². The van der Waals surface area contributed by atoms with Crippen LogP contribution in [-0.2, 0) is 25.7 Å². The normalized spacial score (nSPS) is 15.8. The number of nitrogens with zero attached hydrogens (tertiary/aromatic N) is 24. The predicted octanol–water partition coefficient (Wildman–Crippen LogP) is 17.3. The van der Waals surface area contributed by atoms with Gasteiger partial charge in [0.25, 0.3) is 0 Å². The van der Waals surface area contributed by atoms with E-state index in [4.69, 9.17) is 67.9 Å². The summed E-state index contributed by atoms with van der Waals surface area (Å²) in [6.45, 7) is 37.1. The van der Waals surface area contributed by atoms with Crippen LogP contribution >= 0.6 is 68.5 Å². The minimum Gasteiger partial charge on any atom is -0.467 e. The standard InChI is InChI=1S/C27H40N6OS.C26H36N6OS.C25H29ClN6O2S.C24H32ClN7OS/c1-6-30(7-2)17-18-31(8-3)25(34)23-13-15-32(16-14-23)27-29-33-19-24(28-26(33)35-27)22-11-9-21(10-12-22)20(4)5;1-18(2)19-5-7-20(8-6-19)23-17-32-25(27-23)34-26(28-32)31-15-9-21(10-16-31)24(33)30(4)22-11-13-29(3)14-12-22;1-29(2)13-14-31(16-21-4-3-15-34-21)23(33)19-9-11-30(12-10-19)25-28-32-17-22(27-24(32)35-25)18-5-7-20(26)8-6-18;1-17(26-11-14-29(2)3)15-30(4)22(33)19-9-12-31(13-10-19)24-28-32-16-21(27-23(32)34-24)18-5-7-20(25)8-6-18/h9-12,19-20,23H,6-8,13-18H2,1-5H3;5-8,17-18,21-22H,9-16H2,1-4H3;3-8,15,17,19H,9-14,16H2,1-2H3;5-8,16,19,26H,1,9-15H2,2-4H3. The van der Waals surface area contributed by atoms with Gasteiger partial charge < -0.3 is 68.5 Å². The molecule has 18 rings (SSSR count). The lowest BCUT2D eigenvalue weighted by Crippen LogP contribution is -2.48. The Kier molecular flexibility index (Phi) is 35.3. The second kappa shape index (κ2) is 47.7. The minimum absolute atomic E-state index is 0.0175. The van der Waals surface area contributed by atoms with Gasteiger partial charge in [-0.25, -0.2) is 38.0 Å². The average Bonchev–Trinajstić information content (AvgIpc) is 1.65. The molecule has 0 saturated carbocycles. The van der Waals surface area contributed by atoms with Gasteiger partial charge in [-0.3, -0.25) is 19.2 Å². The highest BCUT2D eigenvalue weighted by Gasteiger charge is 2.37. The lowest BCUT2D eigenvalue weighted by molar-refractivity contribution is -0.138. The number of halogens is 2. The van der Waals surface area contributed by atoms with E-state index in [-0.39, 0.29) is 35.5 Å². The Labute approximate surface area is 838 Å². The molecule has 4 aromatic carbocycles. The highest BCUT2D eigenvalue weighted by Crippen LogP contribution is 2.38. The summed E-state index contributed by atoms with van der Waals surface area (Å²) >= 11 is 18.4. The summed E-state index contributed by atoms with van der Waals surface area (Å²) < 4.78 is 13.0. The molecule has 0 unspecified atom stereocenters. The number of aromatic nitrogens is 12. The maximum atomic E-state index is 13.4. The Hall–Kier alpha value is -10.4. The van der Waals surface area contributed by atoms with Gasteiger partial charge in [0.2, 0.25) is 64.0 Å². The number of amides is 4. The maximum Gasteiger partial charge on any atom is 0.226 e. The molecule has 5 aliphatic heterocycles. The minimum atomic E-state index is 0.0175. The summed E-state index contributed by atoms with van der Waals surface area (Å²) in [5.74, 6) is 3.23. The third-order valence-corrected chi connectivity index (χ3v) is 31.7. The van der Waals surface area contributed by atoms with E-state index in [1.165, 1.54) is 11.1 Å². The summed E-state index contributed by atoms with van der Waals surface area (Å²) in [5, 5.41) is 27.7. The van der Waals surface area contributed by atoms with E-state index in [1.807, 2.05) is 160 Å². The largest absolute Gasteiger partial charge is 0.467 e. The van der Waals surface area contributed by atoms with Gasteiger partial charge in [-0.05, 0) is 192 Å². The molecule has 13 aromatic rings. The van der Waals surface area contributed by atoms with E-state index in [2.05, 4.69) is 155 Å². The molecule has 30 nitrogen and oxygen atoms in total. The van der Waals surface area contributed by atoms with Crippen molar-refractivity contribution in [2.75, 3.05) is 200 Å². The first-order valence-electron chi connectivity index (χ1n) is 49.0. The monoisotopic (exact) mass is 1990 g/mol. The van der Waals surface area contributed by atoms with Crippen molar-refractivity contribution in [3.8, 4) is 45.0 Å². The van der Waals surface area contributed by atoms with Crippen molar-refractivity contribution in [1.82, 2.24) is 103 Å². The number of imidazole rings is 4. The van der Waals surface area contributed by atoms with Crippen molar-refractivity contribution in [3.05, 3.63) is 179 Å². The number of hydrogen-bond donors (Lipinski definition) is 1. The molecule has 0 atom stereocenters. The molecule has 0 radical (unpaired) electrons. The van der Waals surface area contributed by atoms with Crippen LogP contribution in [0.3, 0.4) is 0 Å². The van der Waals surface area contributed by atoms with Crippen molar-refractivity contribution in [1.29, 1.82) is 0 Å². The van der Waals surface area contributed by atoms with E-state index in [9.17, 15) is 19.2 Å². The Balaban J connectivity index is 0.000000140. The van der Waals surface area contributed by atoms with Gasteiger partial charge in [-0.15, -0.1) is 20.4 Å². The fraction of sp³-hybridized carbons (Fsp3) is 0.510. The topological polar surface area (TPSA) is 253 Å². The number of benzene rings is 4. The molecule has 36 heteroatoms. The molecular formula is C102H137Cl2N25O5S4. The number of rotatable bonds is 32. The summed E-state index contributed by atoms with van der Waals surface area (Å²) in [6.07, 6.45) is 18.6. The van der Waals surface area contributed by atoms with E-state index in [0.717, 1.165) is 279 Å². The SMILES string of the molecule is C=C(CN(C)C(=O)C1CCN(c2nn3cc(-c4ccc(Cl)cc4)nc3s2)CC1)NCCN(C)C.CC(C)c1ccc(-c2cn3nc(N4CCC(C(=O)N(C)C5CCN(C)CC5)CC4)sc3n2)cc1.CCN(CC)CCN(CC)C(=O)C1CCN(c2nn3cc(-c4ccc(C(C)C)cc4)nc3s2)CC1.CN(C)CCN(Cc1ccco1)C(=O)C1CCN(c2nn3cc(-c4ccc(Cl)cc4)nc3s2)CC1. The van der Waals surface area contributed by atoms with Crippen molar-refractivity contribution in [2.24, 2.45) is 23.7 Å². The second-order valence-corrected chi connectivity index (χ2v) is 42.8. The Morgan fingerprint density at radius 1 is 0.435 bits per heavy atom. The molecule has 0 spiro atoms. The van der Waals surface area contributed by atoms with Gasteiger partial charge in [0.1, 0.15) is 5.76 Å². The fourth-order valence-electron chi connectivity index (χ4n) is 18.4. The number of fused-ring (bicyclic) bond motifs is 4. The first-order valence-corrected chi connectivity index (χ1v) is 53.0. The lowest BCUT2D eigenvalue weighted by atomic mass is 9.94. The number of hydrogen-bond acceptors (Lipinski definition) is 26. The molecule has 5 saturated heterocycles. The molecule has 0 bridgehead atoms. The van der Waals surface area contributed by atoms with E-state index >= 15 is 0 Å². The molecule has 738 valence electrons. The molecule has 14 heterocycles. The van der Waals surface area contributed by atoms with Gasteiger partial charge in [0.05, 0.1) is 66.9 Å². The van der Waals surface area contributed by atoms with Crippen LogP contribution in [0.1, 0.15) is 141 Å². The maximum absolute atomic E-state index is 13.4. The second-order valence-electron chi connectivity index (χ2n) is 38.2. The zero-order valence-electron chi connectivity index (χ0n) is 82.6. The number of nitrogens with one attached hydrogen (secondary N) is 1. The molecule has 1 N–H and O–H groups in total. The van der Waals surface area contributed by atoms with E-state index < -0.39 is 0 Å². The Bertz CT molecular complexity index is 5950. The average molecular weight is 1990 g/mol. The van der Waals surface area contributed by atoms with Gasteiger partial charge in [0.15, 0.2) is 0 Å². The first kappa shape index (κ1) is 102. The lowest BCUT2D eigenvalue weighted by Gasteiger charge is -2.38. The number of carbonyl (C=O) groups is 4. The van der Waals surface area contributed by atoms with E-state index in [0.29, 0.717) is 59.4 Å². The molecule has 5 fully saturated rings. The number of piperidine rings is 5. The van der Waals surface area contributed by atoms with Crippen molar-refractivity contribution >= 4 is 133 Å². The molecule has 4 amide bonds. The number of carbonyl (C=O) groups excluding carboxylic acids is 4. The van der Waals surface area contributed by atoms with Crippen LogP contribution in [0.15, 0.2) is 157 Å². The van der Waals surface area contributed by atoms with Crippen LogP contribution in [0, 0.1) is 23.7 Å². The highest BCUT2D eigenvalue weighted by atomic mass is 35.5. The van der Waals surface area contributed by atoms with Crippen LogP contribution in [0.5, 0.6) is 0 Å². The number of anilines is 4. The van der Waals surface area contributed by atoms with Gasteiger partial charge in [0, 0.05) is 180 Å². The summed E-state index contributed by atoms with van der Waals surface area (Å²) in [4.78, 5) is 101. The third-order valence-electron chi connectivity index (χ3n) is 27.3.